The van der Waals surface area contributed by atoms with Crippen molar-refractivity contribution in [1.82, 2.24) is 5.32 Å². The molecule has 2 aromatic rings. The van der Waals surface area contributed by atoms with Crippen LogP contribution < -0.4 is 14.8 Å². The Bertz CT molecular complexity index is 825. The van der Waals surface area contributed by atoms with E-state index in [1.165, 1.54) is 0 Å². The van der Waals surface area contributed by atoms with Crippen LogP contribution in [0, 0.1) is 17.2 Å². The third-order valence-electron chi connectivity index (χ3n) is 4.49. The Kier molecular flexibility index (Phi) is 4.48. The SMILES string of the molecule is CN(C)c1ccc([C@@H]2[C@@H](C#N)C(=O)NC(=O)[C@@H]2[n+]2ccccc2)cc1. The molecule has 0 saturated carbocycles. The molecule has 0 bridgehead atoms. The molecular weight excluding hydrogens is 316 g/mol. The van der Waals surface area contributed by atoms with Gasteiger partial charge in [-0.1, -0.05) is 18.2 Å². The number of benzene rings is 1. The van der Waals surface area contributed by atoms with Gasteiger partial charge in [0.05, 0.1) is 12.0 Å². The summed E-state index contributed by atoms with van der Waals surface area (Å²) in [6, 6.07) is 14.5. The summed E-state index contributed by atoms with van der Waals surface area (Å²) in [5, 5.41) is 11.9. The summed E-state index contributed by atoms with van der Waals surface area (Å²) in [4.78, 5) is 26.7. The number of anilines is 1. The second-order valence-corrected chi connectivity index (χ2v) is 6.24. The minimum absolute atomic E-state index is 0.394. The van der Waals surface area contributed by atoms with Gasteiger partial charge in [0.2, 0.25) is 11.9 Å². The number of hydrogen-bond donors (Lipinski definition) is 1. The van der Waals surface area contributed by atoms with Gasteiger partial charge in [0, 0.05) is 31.9 Å². The summed E-state index contributed by atoms with van der Waals surface area (Å²) >= 11 is 0. The Morgan fingerprint density at radius 1 is 1.04 bits per heavy atom. The normalized spacial score (nSPS) is 22.8. The molecule has 6 heteroatoms. The Morgan fingerprint density at radius 3 is 2.24 bits per heavy atom. The predicted octanol–water partition coefficient (Wildman–Crippen LogP) is 1.16. The molecule has 1 fully saturated rings. The van der Waals surface area contributed by atoms with Crippen LogP contribution in [0.4, 0.5) is 5.69 Å². The maximum Gasteiger partial charge on any atom is 0.296 e. The molecule has 0 unspecified atom stereocenters. The van der Waals surface area contributed by atoms with E-state index >= 15 is 0 Å². The number of hydrogen-bond acceptors (Lipinski definition) is 4. The zero-order valence-corrected chi connectivity index (χ0v) is 14.1. The van der Waals surface area contributed by atoms with Crippen LogP contribution in [0.15, 0.2) is 54.9 Å². The lowest BCUT2D eigenvalue weighted by Gasteiger charge is -2.30. The van der Waals surface area contributed by atoms with Crippen LogP contribution in [0.3, 0.4) is 0 Å². The van der Waals surface area contributed by atoms with Gasteiger partial charge >= 0.3 is 0 Å². The van der Waals surface area contributed by atoms with E-state index in [4.69, 9.17) is 0 Å². The highest BCUT2D eigenvalue weighted by atomic mass is 16.2. The smallest absolute Gasteiger partial charge is 0.296 e. The van der Waals surface area contributed by atoms with E-state index in [0.717, 1.165) is 11.3 Å². The Balaban J connectivity index is 2.09. The summed E-state index contributed by atoms with van der Waals surface area (Å²) in [7, 11) is 3.88. The molecule has 3 rings (SSSR count). The van der Waals surface area contributed by atoms with Crippen LogP contribution in [-0.2, 0) is 9.59 Å². The van der Waals surface area contributed by atoms with Gasteiger partial charge in [0.25, 0.3) is 5.91 Å². The number of piperidine rings is 1. The van der Waals surface area contributed by atoms with E-state index in [9.17, 15) is 14.9 Å². The zero-order chi connectivity index (χ0) is 18.0. The topological polar surface area (TPSA) is 77.1 Å². The van der Waals surface area contributed by atoms with Crippen LogP contribution in [0.1, 0.15) is 17.5 Å². The molecule has 1 saturated heterocycles. The van der Waals surface area contributed by atoms with Crippen molar-refractivity contribution in [2.24, 2.45) is 5.92 Å². The second-order valence-electron chi connectivity index (χ2n) is 6.24. The van der Waals surface area contributed by atoms with Gasteiger partial charge in [-0.3, -0.25) is 14.9 Å². The molecule has 1 aromatic carbocycles. The summed E-state index contributed by atoms with van der Waals surface area (Å²) in [6.07, 6.45) is 3.55. The number of nitrogens with one attached hydrogen (secondary N) is 1. The van der Waals surface area contributed by atoms with Gasteiger partial charge in [-0.25, -0.2) is 0 Å². The number of carbonyl (C=O) groups excluding carboxylic acids is 2. The van der Waals surface area contributed by atoms with Crippen LogP contribution in [-0.4, -0.2) is 25.9 Å². The molecule has 3 atom stereocenters. The molecule has 0 aliphatic carbocycles. The lowest BCUT2D eigenvalue weighted by atomic mass is 9.77. The Hall–Kier alpha value is -3.20. The van der Waals surface area contributed by atoms with E-state index in [1.807, 2.05) is 61.5 Å². The summed E-state index contributed by atoms with van der Waals surface area (Å²) in [5.74, 6) is -2.41. The standard InChI is InChI=1S/C19H18N4O2/c1-22(2)14-8-6-13(7-9-14)16-15(12-20)18(24)21-19(25)17(16)23-10-4-3-5-11-23/h3-11,15-17H,1-2H3/p+1/t15-,16-,17-/m1/s1. The highest BCUT2D eigenvalue weighted by Gasteiger charge is 2.50. The zero-order valence-electron chi connectivity index (χ0n) is 14.1. The number of nitrogens with zero attached hydrogens (tertiary/aromatic N) is 3. The molecule has 1 aliphatic rings. The Morgan fingerprint density at radius 2 is 1.68 bits per heavy atom. The number of carbonyl (C=O) groups is 2. The fourth-order valence-corrected chi connectivity index (χ4v) is 3.21. The van der Waals surface area contributed by atoms with Gasteiger partial charge in [0.15, 0.2) is 12.4 Å². The van der Waals surface area contributed by atoms with E-state index in [0.29, 0.717) is 0 Å². The average Bonchev–Trinajstić information content (AvgIpc) is 2.62. The second kappa shape index (κ2) is 6.73. The highest BCUT2D eigenvalue weighted by Crippen LogP contribution is 2.36. The molecular formula is C19H19N4O2+. The van der Waals surface area contributed by atoms with E-state index in [-0.39, 0.29) is 0 Å². The number of imide groups is 1. The summed E-state index contributed by atoms with van der Waals surface area (Å²) in [5.41, 5.74) is 1.80. The van der Waals surface area contributed by atoms with Gasteiger partial charge < -0.3 is 4.90 Å². The first-order valence-corrected chi connectivity index (χ1v) is 8.00. The number of amides is 2. The van der Waals surface area contributed by atoms with Crippen molar-refractivity contribution in [2.45, 2.75) is 12.0 Å². The monoisotopic (exact) mass is 335 g/mol. The van der Waals surface area contributed by atoms with Gasteiger partial charge in [-0.2, -0.15) is 9.83 Å². The third kappa shape index (κ3) is 3.09. The molecule has 126 valence electrons. The summed E-state index contributed by atoms with van der Waals surface area (Å²) < 4.78 is 1.75. The number of pyridine rings is 1. The molecule has 6 nitrogen and oxygen atoms in total. The van der Waals surface area contributed by atoms with E-state index in [1.54, 1.807) is 17.0 Å². The molecule has 1 aliphatic heterocycles. The molecule has 2 heterocycles. The minimum Gasteiger partial charge on any atom is -0.378 e. The highest BCUT2D eigenvalue weighted by molar-refractivity contribution is 6.02. The molecule has 1 N–H and O–H groups in total. The van der Waals surface area contributed by atoms with Gasteiger partial charge in [-0.15, -0.1) is 0 Å². The fraction of sp³-hybridized carbons (Fsp3) is 0.263. The van der Waals surface area contributed by atoms with Crippen molar-refractivity contribution in [2.75, 3.05) is 19.0 Å². The summed E-state index contributed by atoms with van der Waals surface area (Å²) in [6.45, 7) is 0. The first-order chi connectivity index (χ1) is 12.0. The van der Waals surface area contributed by atoms with Crippen molar-refractivity contribution in [3.8, 4) is 6.07 Å². The van der Waals surface area contributed by atoms with Gasteiger partial charge in [-0.05, 0) is 17.7 Å². The van der Waals surface area contributed by atoms with E-state index in [2.05, 4.69) is 11.4 Å². The lowest BCUT2D eigenvalue weighted by Crippen LogP contribution is -2.59. The predicted molar refractivity (Wildman–Crippen MR) is 91.4 cm³/mol. The van der Waals surface area contributed by atoms with Crippen molar-refractivity contribution >= 4 is 17.5 Å². The van der Waals surface area contributed by atoms with Crippen molar-refractivity contribution < 1.29 is 14.2 Å². The van der Waals surface area contributed by atoms with Crippen molar-refractivity contribution in [3.05, 3.63) is 60.4 Å². The lowest BCUT2D eigenvalue weighted by molar-refractivity contribution is -0.713. The van der Waals surface area contributed by atoms with Crippen LogP contribution >= 0.6 is 0 Å². The van der Waals surface area contributed by atoms with Crippen LogP contribution in [0.25, 0.3) is 0 Å². The molecule has 0 spiro atoms. The minimum atomic E-state index is -0.930. The maximum absolute atomic E-state index is 12.6. The molecule has 1 aromatic heterocycles. The maximum atomic E-state index is 12.6. The largest absolute Gasteiger partial charge is 0.378 e. The molecule has 25 heavy (non-hydrogen) atoms. The van der Waals surface area contributed by atoms with Crippen molar-refractivity contribution in [1.29, 1.82) is 5.26 Å². The number of aromatic nitrogens is 1. The first-order valence-electron chi connectivity index (χ1n) is 8.00. The van der Waals surface area contributed by atoms with Crippen molar-refractivity contribution in [3.63, 3.8) is 0 Å². The molecule has 2 amide bonds. The third-order valence-corrected chi connectivity index (χ3v) is 4.49. The average molecular weight is 335 g/mol. The quantitative estimate of drug-likeness (QED) is 0.674. The van der Waals surface area contributed by atoms with Crippen LogP contribution in [0.2, 0.25) is 0 Å². The molecule has 0 radical (unpaired) electrons. The fourth-order valence-electron chi connectivity index (χ4n) is 3.21. The van der Waals surface area contributed by atoms with Gasteiger partial charge in [0.1, 0.15) is 5.92 Å². The first kappa shape index (κ1) is 16.7. The van der Waals surface area contributed by atoms with E-state index < -0.39 is 29.7 Å². The number of nitriles is 1. The van der Waals surface area contributed by atoms with Crippen LogP contribution in [0.5, 0.6) is 0 Å². The number of rotatable bonds is 3. The Labute approximate surface area is 146 Å².